The Morgan fingerprint density at radius 1 is 1.46 bits per heavy atom. The molecule has 0 spiro atoms. The first-order chi connectivity index (χ1) is 6.15. The molecular weight excluding hydrogens is 166 g/mol. The minimum atomic E-state index is 0.152. The maximum atomic E-state index is 11.7. The van der Waals surface area contributed by atoms with Crippen LogP contribution in [0, 0.1) is 0 Å². The van der Waals surface area contributed by atoms with Gasteiger partial charge >= 0.3 is 0 Å². The summed E-state index contributed by atoms with van der Waals surface area (Å²) in [6.07, 6.45) is 1.22. The van der Waals surface area contributed by atoms with Crippen molar-refractivity contribution in [2.24, 2.45) is 0 Å². The van der Waals surface area contributed by atoms with Crippen LogP contribution in [0.25, 0.3) is 0 Å². The number of likely N-dealkylation sites (N-methyl/N-ethyl adjacent to an activating group) is 1. The fraction of sp³-hybridized carbons (Fsp3) is 0.889. The highest BCUT2D eigenvalue weighted by Crippen LogP contribution is 2.04. The van der Waals surface area contributed by atoms with E-state index in [4.69, 9.17) is 0 Å². The number of carbonyl (C=O) groups is 1. The fourth-order valence-corrected chi connectivity index (χ4v) is 1.60. The Bertz CT molecular complexity index is 184. The highest BCUT2D eigenvalue weighted by atomic mass is 16.2. The summed E-state index contributed by atoms with van der Waals surface area (Å²) in [5.41, 5.74) is 0. The van der Waals surface area contributed by atoms with Gasteiger partial charge in [0, 0.05) is 13.1 Å². The zero-order valence-corrected chi connectivity index (χ0v) is 8.71. The second kappa shape index (κ2) is 4.58. The summed E-state index contributed by atoms with van der Waals surface area (Å²) >= 11 is 0. The second-order valence-corrected chi connectivity index (χ2v) is 3.64. The van der Waals surface area contributed by atoms with Gasteiger partial charge in [0.2, 0.25) is 5.91 Å². The fourth-order valence-electron chi connectivity index (χ4n) is 1.60. The first-order valence-corrected chi connectivity index (χ1v) is 4.80. The standard InChI is InChI=1S/C9H19N3O/c1-8(10-2)12-6-4-5-11(3)7-9(12)13/h8,10H,4-7H2,1-3H3. The van der Waals surface area contributed by atoms with Gasteiger partial charge in [-0.15, -0.1) is 0 Å². The van der Waals surface area contributed by atoms with Crippen molar-refractivity contribution in [2.75, 3.05) is 33.7 Å². The molecule has 1 fully saturated rings. The van der Waals surface area contributed by atoms with Crippen molar-refractivity contribution in [2.45, 2.75) is 19.5 Å². The summed E-state index contributed by atoms with van der Waals surface area (Å²) in [6, 6.07) is 0. The van der Waals surface area contributed by atoms with Gasteiger partial charge < -0.3 is 10.2 Å². The molecule has 0 aromatic carbocycles. The SMILES string of the molecule is CNC(C)N1CCCN(C)CC1=O. The average molecular weight is 185 g/mol. The highest BCUT2D eigenvalue weighted by Gasteiger charge is 2.22. The minimum absolute atomic E-state index is 0.152. The molecule has 1 amide bonds. The number of nitrogens with zero attached hydrogens (tertiary/aromatic N) is 2. The van der Waals surface area contributed by atoms with Crippen LogP contribution in [0.2, 0.25) is 0 Å². The molecule has 0 radical (unpaired) electrons. The molecule has 1 aliphatic rings. The second-order valence-electron chi connectivity index (χ2n) is 3.64. The monoisotopic (exact) mass is 185 g/mol. The third kappa shape index (κ3) is 2.67. The zero-order valence-electron chi connectivity index (χ0n) is 8.71. The Morgan fingerprint density at radius 3 is 2.77 bits per heavy atom. The molecule has 1 N–H and O–H groups in total. The molecule has 1 unspecified atom stereocenters. The number of rotatable bonds is 2. The Kier molecular flexibility index (Phi) is 3.69. The Balaban J connectivity index is 2.58. The molecule has 0 aromatic heterocycles. The van der Waals surface area contributed by atoms with Crippen LogP contribution < -0.4 is 5.32 Å². The molecule has 0 aliphatic carbocycles. The molecule has 13 heavy (non-hydrogen) atoms. The van der Waals surface area contributed by atoms with E-state index in [0.29, 0.717) is 6.54 Å². The summed E-state index contributed by atoms with van der Waals surface area (Å²) < 4.78 is 0. The molecule has 1 aliphatic heterocycles. The Morgan fingerprint density at radius 2 is 2.15 bits per heavy atom. The molecule has 1 heterocycles. The normalized spacial score (nSPS) is 23.0. The van der Waals surface area contributed by atoms with E-state index >= 15 is 0 Å². The van der Waals surface area contributed by atoms with Gasteiger partial charge in [0.15, 0.2) is 0 Å². The lowest BCUT2D eigenvalue weighted by atomic mass is 10.3. The molecule has 4 heteroatoms. The molecule has 0 aromatic rings. The maximum absolute atomic E-state index is 11.7. The number of carbonyl (C=O) groups excluding carboxylic acids is 1. The van der Waals surface area contributed by atoms with Gasteiger partial charge in [-0.25, -0.2) is 0 Å². The van der Waals surface area contributed by atoms with Crippen molar-refractivity contribution in [1.82, 2.24) is 15.1 Å². The lowest BCUT2D eigenvalue weighted by molar-refractivity contribution is -0.133. The van der Waals surface area contributed by atoms with Crippen LogP contribution in [0.5, 0.6) is 0 Å². The van der Waals surface area contributed by atoms with Crippen LogP contribution in [0.3, 0.4) is 0 Å². The maximum Gasteiger partial charge on any atom is 0.237 e. The molecule has 1 saturated heterocycles. The first kappa shape index (κ1) is 10.5. The van der Waals surface area contributed by atoms with E-state index in [2.05, 4.69) is 10.2 Å². The van der Waals surface area contributed by atoms with Gasteiger partial charge in [-0.3, -0.25) is 9.69 Å². The van der Waals surface area contributed by atoms with E-state index in [0.717, 1.165) is 19.5 Å². The van der Waals surface area contributed by atoms with Crippen LogP contribution in [-0.2, 0) is 4.79 Å². The van der Waals surface area contributed by atoms with E-state index < -0.39 is 0 Å². The Labute approximate surface area is 79.9 Å². The lowest BCUT2D eigenvalue weighted by Gasteiger charge is -2.27. The molecule has 0 bridgehead atoms. The summed E-state index contributed by atoms with van der Waals surface area (Å²) in [4.78, 5) is 15.6. The van der Waals surface area contributed by atoms with Crippen LogP contribution in [0.4, 0.5) is 0 Å². The number of nitrogens with one attached hydrogen (secondary N) is 1. The topological polar surface area (TPSA) is 35.6 Å². The first-order valence-electron chi connectivity index (χ1n) is 4.80. The van der Waals surface area contributed by atoms with Gasteiger partial charge in [-0.05, 0) is 27.4 Å². The summed E-state index contributed by atoms with van der Waals surface area (Å²) in [6.45, 7) is 4.44. The van der Waals surface area contributed by atoms with Gasteiger partial charge in [0.25, 0.3) is 0 Å². The van der Waals surface area contributed by atoms with Crippen LogP contribution in [0.15, 0.2) is 0 Å². The third-order valence-corrected chi connectivity index (χ3v) is 2.55. The molecule has 0 saturated carbocycles. The van der Waals surface area contributed by atoms with Crippen LogP contribution >= 0.6 is 0 Å². The quantitative estimate of drug-likeness (QED) is 0.642. The van der Waals surface area contributed by atoms with Gasteiger partial charge in [0.05, 0.1) is 12.7 Å². The van der Waals surface area contributed by atoms with Crippen LogP contribution in [0.1, 0.15) is 13.3 Å². The van der Waals surface area contributed by atoms with Gasteiger partial charge in [0.1, 0.15) is 0 Å². The van der Waals surface area contributed by atoms with E-state index in [1.54, 1.807) is 0 Å². The zero-order chi connectivity index (χ0) is 9.84. The summed E-state index contributed by atoms with van der Waals surface area (Å²) in [5, 5.41) is 3.09. The predicted octanol–water partition coefficient (Wildman–Crippen LogP) is -0.284. The van der Waals surface area contributed by atoms with E-state index in [-0.39, 0.29) is 12.1 Å². The van der Waals surface area contributed by atoms with Crippen molar-refractivity contribution < 1.29 is 4.79 Å². The lowest BCUT2D eigenvalue weighted by Crippen LogP contribution is -2.47. The molecule has 76 valence electrons. The minimum Gasteiger partial charge on any atom is -0.326 e. The van der Waals surface area contributed by atoms with Crippen molar-refractivity contribution >= 4 is 5.91 Å². The van der Waals surface area contributed by atoms with Crippen molar-refractivity contribution in [3.63, 3.8) is 0 Å². The van der Waals surface area contributed by atoms with Crippen LogP contribution in [-0.4, -0.2) is 55.6 Å². The third-order valence-electron chi connectivity index (χ3n) is 2.55. The summed E-state index contributed by atoms with van der Waals surface area (Å²) in [7, 11) is 3.87. The smallest absolute Gasteiger partial charge is 0.237 e. The number of hydrogen-bond donors (Lipinski definition) is 1. The largest absolute Gasteiger partial charge is 0.326 e. The molecule has 1 rings (SSSR count). The van der Waals surface area contributed by atoms with Crippen molar-refractivity contribution in [3.8, 4) is 0 Å². The number of hydrogen-bond acceptors (Lipinski definition) is 3. The van der Waals surface area contributed by atoms with Crippen molar-refractivity contribution in [3.05, 3.63) is 0 Å². The van der Waals surface area contributed by atoms with Gasteiger partial charge in [-0.1, -0.05) is 0 Å². The highest BCUT2D eigenvalue weighted by molar-refractivity contribution is 5.78. The molecule has 4 nitrogen and oxygen atoms in total. The molecule has 1 atom stereocenters. The molecular formula is C9H19N3O. The van der Waals surface area contributed by atoms with E-state index in [1.165, 1.54) is 0 Å². The predicted molar refractivity (Wildman–Crippen MR) is 52.3 cm³/mol. The van der Waals surface area contributed by atoms with Crippen molar-refractivity contribution in [1.29, 1.82) is 0 Å². The average Bonchev–Trinajstić information content (AvgIpc) is 2.25. The van der Waals surface area contributed by atoms with Gasteiger partial charge in [-0.2, -0.15) is 0 Å². The Hall–Kier alpha value is -0.610. The van der Waals surface area contributed by atoms with E-state index in [9.17, 15) is 4.79 Å². The van der Waals surface area contributed by atoms with E-state index in [1.807, 2.05) is 25.9 Å². The number of amides is 1. The summed E-state index contributed by atoms with van der Waals surface area (Å²) in [5.74, 6) is 0.224.